The molecule has 0 bridgehead atoms. The standard InChI is InChI=1S/C19H23N3O4/c1-20-12-15-6-3-9-22(15)18(23)13-26-16-7-2-5-14(11-16)21-19(24)17-8-4-10-25-17/h2,4-5,7-8,10-11,15,20H,3,6,9,12-13H2,1H3,(H,21,24). The van der Waals surface area contributed by atoms with Crippen molar-refractivity contribution >= 4 is 17.5 Å². The monoisotopic (exact) mass is 357 g/mol. The third-order valence-corrected chi connectivity index (χ3v) is 4.34. The maximum Gasteiger partial charge on any atom is 0.291 e. The molecule has 2 aromatic rings. The van der Waals surface area contributed by atoms with Crippen molar-refractivity contribution in [2.45, 2.75) is 18.9 Å². The smallest absolute Gasteiger partial charge is 0.291 e. The first-order valence-corrected chi connectivity index (χ1v) is 8.69. The van der Waals surface area contributed by atoms with Crippen molar-refractivity contribution in [1.82, 2.24) is 10.2 Å². The fourth-order valence-electron chi connectivity index (χ4n) is 3.10. The molecule has 1 aromatic carbocycles. The van der Waals surface area contributed by atoms with E-state index < -0.39 is 0 Å². The van der Waals surface area contributed by atoms with Crippen LogP contribution < -0.4 is 15.4 Å². The number of amides is 2. The first kappa shape index (κ1) is 18.0. The maximum absolute atomic E-state index is 12.4. The third-order valence-electron chi connectivity index (χ3n) is 4.34. The average Bonchev–Trinajstić information content (AvgIpc) is 3.32. The summed E-state index contributed by atoms with van der Waals surface area (Å²) in [6.07, 6.45) is 3.48. The molecule has 2 amide bonds. The van der Waals surface area contributed by atoms with Crippen LogP contribution in [0.4, 0.5) is 5.69 Å². The van der Waals surface area contributed by atoms with Gasteiger partial charge in [-0.2, -0.15) is 0 Å². The van der Waals surface area contributed by atoms with E-state index in [2.05, 4.69) is 10.6 Å². The van der Waals surface area contributed by atoms with Gasteiger partial charge in [-0.3, -0.25) is 9.59 Å². The SMILES string of the molecule is CNCC1CCCN1C(=O)COc1cccc(NC(=O)c2ccco2)c1. The Kier molecular flexibility index (Phi) is 5.91. The first-order chi connectivity index (χ1) is 12.7. The third kappa shape index (κ3) is 4.43. The van der Waals surface area contributed by atoms with E-state index in [4.69, 9.17) is 9.15 Å². The van der Waals surface area contributed by atoms with Crippen molar-refractivity contribution in [3.63, 3.8) is 0 Å². The van der Waals surface area contributed by atoms with Crippen LogP contribution in [0.2, 0.25) is 0 Å². The molecule has 0 spiro atoms. The van der Waals surface area contributed by atoms with Gasteiger partial charge < -0.3 is 24.7 Å². The van der Waals surface area contributed by atoms with Crippen LogP contribution >= 0.6 is 0 Å². The quantitative estimate of drug-likeness (QED) is 0.793. The zero-order valence-corrected chi connectivity index (χ0v) is 14.7. The highest BCUT2D eigenvalue weighted by atomic mass is 16.5. The van der Waals surface area contributed by atoms with E-state index >= 15 is 0 Å². The summed E-state index contributed by atoms with van der Waals surface area (Å²) < 4.78 is 10.7. The van der Waals surface area contributed by atoms with Crippen LogP contribution in [-0.2, 0) is 4.79 Å². The van der Waals surface area contributed by atoms with Gasteiger partial charge in [0.15, 0.2) is 12.4 Å². The number of nitrogens with one attached hydrogen (secondary N) is 2. The number of ether oxygens (including phenoxy) is 1. The Labute approximate surface area is 152 Å². The summed E-state index contributed by atoms with van der Waals surface area (Å²) in [7, 11) is 1.89. The second kappa shape index (κ2) is 8.53. The molecule has 0 saturated carbocycles. The summed E-state index contributed by atoms with van der Waals surface area (Å²) in [5.74, 6) is 0.402. The molecule has 1 saturated heterocycles. The number of hydrogen-bond donors (Lipinski definition) is 2. The molecule has 7 heteroatoms. The minimum Gasteiger partial charge on any atom is -0.484 e. The highest BCUT2D eigenvalue weighted by molar-refractivity contribution is 6.02. The molecular formula is C19H23N3O4. The summed E-state index contributed by atoms with van der Waals surface area (Å²) in [5, 5.41) is 5.86. The molecule has 3 rings (SSSR count). The van der Waals surface area contributed by atoms with E-state index in [9.17, 15) is 9.59 Å². The number of anilines is 1. The zero-order chi connectivity index (χ0) is 18.4. The van der Waals surface area contributed by atoms with Gasteiger partial charge in [0.2, 0.25) is 0 Å². The van der Waals surface area contributed by atoms with Crippen molar-refractivity contribution in [1.29, 1.82) is 0 Å². The molecule has 1 aromatic heterocycles. The molecule has 138 valence electrons. The van der Waals surface area contributed by atoms with Gasteiger partial charge in [0.25, 0.3) is 11.8 Å². The summed E-state index contributed by atoms with van der Waals surface area (Å²) in [5.41, 5.74) is 0.575. The highest BCUT2D eigenvalue weighted by Crippen LogP contribution is 2.20. The highest BCUT2D eigenvalue weighted by Gasteiger charge is 2.28. The summed E-state index contributed by atoms with van der Waals surface area (Å²) in [6.45, 7) is 1.55. The molecule has 2 heterocycles. The Hall–Kier alpha value is -2.80. The molecule has 7 nitrogen and oxygen atoms in total. The van der Waals surface area contributed by atoms with Gasteiger partial charge in [0.05, 0.1) is 6.26 Å². The van der Waals surface area contributed by atoms with Crippen LogP contribution in [0.3, 0.4) is 0 Å². The lowest BCUT2D eigenvalue weighted by Crippen LogP contribution is -2.43. The number of likely N-dealkylation sites (tertiary alicyclic amines) is 1. The summed E-state index contributed by atoms with van der Waals surface area (Å²) >= 11 is 0. The topological polar surface area (TPSA) is 83.8 Å². The zero-order valence-electron chi connectivity index (χ0n) is 14.7. The Morgan fingerprint density at radius 3 is 2.96 bits per heavy atom. The number of nitrogens with zero attached hydrogens (tertiary/aromatic N) is 1. The lowest BCUT2D eigenvalue weighted by Gasteiger charge is -2.24. The molecule has 0 aliphatic carbocycles. The maximum atomic E-state index is 12.4. The molecule has 1 aliphatic rings. The van der Waals surface area contributed by atoms with E-state index in [1.807, 2.05) is 11.9 Å². The van der Waals surface area contributed by atoms with Gasteiger partial charge in [-0.25, -0.2) is 0 Å². The van der Waals surface area contributed by atoms with E-state index in [0.717, 1.165) is 25.9 Å². The predicted molar refractivity (Wildman–Crippen MR) is 97.3 cm³/mol. The van der Waals surface area contributed by atoms with Crippen molar-refractivity contribution in [2.75, 3.05) is 32.1 Å². The minimum atomic E-state index is -0.338. The van der Waals surface area contributed by atoms with Gasteiger partial charge in [-0.15, -0.1) is 0 Å². The van der Waals surface area contributed by atoms with Gasteiger partial charge in [-0.1, -0.05) is 6.07 Å². The number of benzene rings is 1. The largest absolute Gasteiger partial charge is 0.484 e. The first-order valence-electron chi connectivity index (χ1n) is 8.69. The van der Waals surface area contributed by atoms with Gasteiger partial charge >= 0.3 is 0 Å². The molecule has 1 fully saturated rings. The van der Waals surface area contributed by atoms with Crippen molar-refractivity contribution in [3.8, 4) is 5.75 Å². The normalized spacial score (nSPS) is 16.5. The van der Waals surface area contributed by atoms with E-state index in [-0.39, 0.29) is 30.2 Å². The Bertz CT molecular complexity index is 745. The fraction of sp³-hybridized carbons (Fsp3) is 0.368. The van der Waals surface area contributed by atoms with Crippen molar-refractivity contribution in [2.24, 2.45) is 0 Å². The fourth-order valence-corrected chi connectivity index (χ4v) is 3.10. The van der Waals surface area contributed by atoms with E-state index in [1.165, 1.54) is 6.26 Å². The molecule has 1 unspecified atom stereocenters. The summed E-state index contributed by atoms with van der Waals surface area (Å²) in [6, 6.07) is 10.4. The summed E-state index contributed by atoms with van der Waals surface area (Å²) in [4.78, 5) is 26.3. The van der Waals surface area contributed by atoms with Crippen LogP contribution in [0.25, 0.3) is 0 Å². The molecule has 1 atom stereocenters. The van der Waals surface area contributed by atoms with Crippen LogP contribution in [0.1, 0.15) is 23.4 Å². The second-order valence-corrected chi connectivity index (χ2v) is 6.19. The number of hydrogen-bond acceptors (Lipinski definition) is 5. The van der Waals surface area contributed by atoms with E-state index in [0.29, 0.717) is 11.4 Å². The number of carbonyl (C=O) groups excluding carboxylic acids is 2. The second-order valence-electron chi connectivity index (χ2n) is 6.19. The average molecular weight is 357 g/mol. The van der Waals surface area contributed by atoms with Crippen LogP contribution in [0, 0.1) is 0 Å². The van der Waals surface area contributed by atoms with Gasteiger partial charge in [0, 0.05) is 30.9 Å². The Morgan fingerprint density at radius 1 is 1.31 bits per heavy atom. The molecule has 1 aliphatic heterocycles. The molecular weight excluding hydrogens is 334 g/mol. The molecule has 0 radical (unpaired) electrons. The van der Waals surface area contributed by atoms with Crippen LogP contribution in [0.5, 0.6) is 5.75 Å². The van der Waals surface area contributed by atoms with E-state index in [1.54, 1.807) is 36.4 Å². The molecule has 2 N–H and O–H groups in total. The lowest BCUT2D eigenvalue weighted by atomic mass is 10.2. The minimum absolute atomic E-state index is 0.0181. The predicted octanol–water partition coefficient (Wildman–Crippen LogP) is 2.12. The Balaban J connectivity index is 1.55. The number of furan rings is 1. The van der Waals surface area contributed by atoms with Crippen molar-refractivity contribution in [3.05, 3.63) is 48.4 Å². The molecule has 26 heavy (non-hydrogen) atoms. The van der Waals surface area contributed by atoms with Gasteiger partial charge in [-0.05, 0) is 44.2 Å². The lowest BCUT2D eigenvalue weighted by molar-refractivity contribution is -0.134. The van der Waals surface area contributed by atoms with Crippen molar-refractivity contribution < 1.29 is 18.7 Å². The number of rotatable bonds is 7. The van der Waals surface area contributed by atoms with Gasteiger partial charge in [0.1, 0.15) is 5.75 Å². The number of likely N-dealkylation sites (N-methyl/N-ethyl adjacent to an activating group) is 1. The van der Waals surface area contributed by atoms with Crippen LogP contribution in [0.15, 0.2) is 47.1 Å². The van der Waals surface area contributed by atoms with Crippen LogP contribution in [-0.4, -0.2) is 49.5 Å². The Morgan fingerprint density at radius 2 is 2.19 bits per heavy atom. The number of carbonyl (C=O) groups is 2.